The summed E-state index contributed by atoms with van der Waals surface area (Å²) in [5.74, 6) is -2.80. The summed E-state index contributed by atoms with van der Waals surface area (Å²) in [6, 6.07) is 4.34. The highest BCUT2D eigenvalue weighted by atomic mass is 32.1. The third-order valence-corrected chi connectivity index (χ3v) is 5.92. The Morgan fingerprint density at radius 3 is 2.21 bits per heavy atom. The molecule has 0 radical (unpaired) electrons. The lowest BCUT2D eigenvalue weighted by Crippen LogP contribution is -3.14. The third-order valence-electron chi connectivity index (χ3n) is 4.55. The summed E-state index contributed by atoms with van der Waals surface area (Å²) in [7, 11) is 0. The van der Waals surface area contributed by atoms with Crippen LogP contribution >= 0.6 is 22.7 Å². The van der Waals surface area contributed by atoms with Gasteiger partial charge in [0.1, 0.15) is 25.2 Å². The summed E-state index contributed by atoms with van der Waals surface area (Å²) in [6.07, 6.45) is 0.942. The van der Waals surface area contributed by atoms with Gasteiger partial charge in [0, 0.05) is 6.08 Å². The normalized spacial score (nSPS) is 15.1. The Balaban J connectivity index is 0.000000321. The molecule has 0 saturated carbocycles. The number of carbonyl (C=O) groups is 2. The summed E-state index contributed by atoms with van der Waals surface area (Å²) in [5.41, 5.74) is 2.18. The molecule has 1 fully saturated rings. The van der Waals surface area contributed by atoms with E-state index >= 15 is 0 Å². The minimum absolute atomic E-state index is 0.328. The summed E-state index contributed by atoms with van der Waals surface area (Å²) in [4.78, 5) is 20.6. The molecule has 0 aliphatic carbocycles. The molecule has 0 aromatic carbocycles. The quantitative estimate of drug-likeness (QED) is 0.577. The fourth-order valence-corrected chi connectivity index (χ4v) is 4.36. The van der Waals surface area contributed by atoms with Gasteiger partial charge < -0.3 is 29.4 Å². The molecule has 1 aliphatic rings. The van der Waals surface area contributed by atoms with Crippen LogP contribution in [0.2, 0.25) is 0 Å². The van der Waals surface area contributed by atoms with Gasteiger partial charge in [-0.1, -0.05) is 0 Å². The Kier molecular flexibility index (Phi) is 9.49. The molecular weight excluding hydrogens is 414 g/mol. The Morgan fingerprint density at radius 2 is 1.79 bits per heavy atom. The summed E-state index contributed by atoms with van der Waals surface area (Å²) in [6.45, 7) is 7.95. The van der Waals surface area contributed by atoms with Crippen LogP contribution in [0, 0.1) is 0 Å². The number of thiophene rings is 2. The minimum Gasteiger partial charge on any atom is -0.545 e. The molecule has 0 amide bonds. The highest BCUT2D eigenvalue weighted by molar-refractivity contribution is 7.08. The first kappa shape index (κ1) is 23.2. The molecule has 2 N–H and O–H groups in total. The Labute approximate surface area is 177 Å². The van der Waals surface area contributed by atoms with Crippen LogP contribution in [0.25, 0.3) is 0 Å². The fraction of sp³-hybridized carbons (Fsp3) is 0.400. The monoisotopic (exact) mass is 439 g/mol. The first-order valence-corrected chi connectivity index (χ1v) is 11.0. The van der Waals surface area contributed by atoms with Crippen molar-refractivity contribution in [2.24, 2.45) is 0 Å². The topological polar surface area (TPSA) is 100 Å². The molecule has 0 spiro atoms. The first-order valence-electron chi connectivity index (χ1n) is 9.14. The van der Waals surface area contributed by atoms with E-state index in [0.717, 1.165) is 39.5 Å². The average molecular weight is 440 g/mol. The molecule has 2 aromatic rings. The van der Waals surface area contributed by atoms with Crippen molar-refractivity contribution in [3.63, 3.8) is 0 Å². The van der Waals surface area contributed by atoms with E-state index in [2.05, 4.69) is 40.6 Å². The number of morpholine rings is 1. The molecule has 2 aromatic heterocycles. The molecule has 1 aliphatic heterocycles. The van der Waals surface area contributed by atoms with Crippen molar-refractivity contribution in [2.45, 2.75) is 12.5 Å². The summed E-state index contributed by atoms with van der Waals surface area (Å²) in [5, 5.41) is 25.9. The number of hydrogen-bond donors (Lipinski definition) is 2. The summed E-state index contributed by atoms with van der Waals surface area (Å²) >= 11 is 3.45. The second-order valence-electron chi connectivity index (χ2n) is 6.51. The maximum atomic E-state index is 9.53. The van der Waals surface area contributed by atoms with Crippen molar-refractivity contribution in [3.8, 4) is 0 Å². The van der Waals surface area contributed by atoms with Gasteiger partial charge in [-0.25, -0.2) is 4.79 Å². The standard InChI is InChI=1S/C16H21NO2S2.C4H4O4/c1-16(14-2-10-20-12-14,15-3-11-21-13-15)19-9-6-17-4-7-18-8-5-17;5-3(6)1-2-4(7)8/h2-3,10-13H,4-9H2,1H3;1-2H,(H,5,6)(H,7,8)/b;2-1+. The van der Waals surface area contributed by atoms with E-state index in [9.17, 15) is 14.7 Å². The van der Waals surface area contributed by atoms with E-state index in [1.807, 2.05) is 0 Å². The van der Waals surface area contributed by atoms with Crippen molar-refractivity contribution < 1.29 is 34.2 Å². The van der Waals surface area contributed by atoms with Crippen LogP contribution in [0.3, 0.4) is 0 Å². The maximum absolute atomic E-state index is 9.53. The number of hydrogen-bond acceptors (Lipinski definition) is 7. The van der Waals surface area contributed by atoms with Gasteiger partial charge in [-0.3, -0.25) is 0 Å². The maximum Gasteiger partial charge on any atom is 0.328 e. The van der Waals surface area contributed by atoms with Gasteiger partial charge in [-0.2, -0.15) is 22.7 Å². The molecule has 0 unspecified atom stereocenters. The molecule has 158 valence electrons. The van der Waals surface area contributed by atoms with E-state index in [1.165, 1.54) is 11.1 Å². The Hall–Kier alpha value is -2.04. The van der Waals surface area contributed by atoms with Gasteiger partial charge in [0.25, 0.3) is 0 Å². The summed E-state index contributed by atoms with van der Waals surface area (Å²) < 4.78 is 11.8. The van der Waals surface area contributed by atoms with Gasteiger partial charge >= 0.3 is 5.97 Å². The number of nitrogens with one attached hydrogen (secondary N) is 1. The van der Waals surface area contributed by atoms with Crippen molar-refractivity contribution in [3.05, 3.63) is 56.9 Å². The molecule has 7 nitrogen and oxygen atoms in total. The second-order valence-corrected chi connectivity index (χ2v) is 8.07. The number of carboxylic acid groups (broad SMARTS) is 2. The lowest BCUT2D eigenvalue weighted by Gasteiger charge is -2.30. The van der Waals surface area contributed by atoms with Crippen molar-refractivity contribution in [2.75, 3.05) is 39.5 Å². The number of ether oxygens (including phenoxy) is 2. The highest BCUT2D eigenvalue weighted by Crippen LogP contribution is 2.35. The van der Waals surface area contributed by atoms with Crippen LogP contribution < -0.4 is 10.0 Å². The largest absolute Gasteiger partial charge is 0.545 e. The minimum atomic E-state index is -1.51. The van der Waals surface area contributed by atoms with Crippen LogP contribution in [-0.2, 0) is 24.7 Å². The Morgan fingerprint density at radius 1 is 1.21 bits per heavy atom. The molecule has 9 heteroatoms. The molecule has 3 rings (SSSR count). The lowest BCUT2D eigenvalue weighted by molar-refractivity contribution is -0.908. The van der Waals surface area contributed by atoms with Gasteiger partial charge in [-0.05, 0) is 57.8 Å². The molecule has 1 saturated heterocycles. The SMILES string of the molecule is CC(OCC[NH+]1CCOCC1)(c1ccsc1)c1ccsc1.O=C([O-])/C=C/C(=O)O. The van der Waals surface area contributed by atoms with Gasteiger partial charge in [-0.15, -0.1) is 0 Å². The van der Waals surface area contributed by atoms with Crippen molar-refractivity contribution >= 4 is 34.6 Å². The zero-order valence-electron chi connectivity index (χ0n) is 16.2. The van der Waals surface area contributed by atoms with Crippen LogP contribution in [0.4, 0.5) is 0 Å². The third kappa shape index (κ3) is 7.71. The zero-order chi connectivity index (χ0) is 21.1. The number of rotatable bonds is 8. The van der Waals surface area contributed by atoms with Crippen LogP contribution in [0.1, 0.15) is 18.1 Å². The Bertz CT molecular complexity index is 717. The predicted molar refractivity (Wildman–Crippen MR) is 109 cm³/mol. The number of carboxylic acids is 2. The van der Waals surface area contributed by atoms with E-state index in [0.29, 0.717) is 12.2 Å². The van der Waals surface area contributed by atoms with Crippen molar-refractivity contribution in [1.82, 2.24) is 0 Å². The predicted octanol–water partition coefficient (Wildman–Crippen LogP) is 0.382. The van der Waals surface area contributed by atoms with Gasteiger partial charge in [0.05, 0.1) is 25.8 Å². The molecule has 0 bridgehead atoms. The van der Waals surface area contributed by atoms with E-state index in [4.69, 9.17) is 14.6 Å². The van der Waals surface area contributed by atoms with Gasteiger partial charge in [0.2, 0.25) is 0 Å². The zero-order valence-corrected chi connectivity index (χ0v) is 17.8. The lowest BCUT2D eigenvalue weighted by atomic mass is 9.92. The van der Waals surface area contributed by atoms with Crippen LogP contribution in [0.5, 0.6) is 0 Å². The number of carbonyl (C=O) groups excluding carboxylic acids is 1. The number of quaternary nitrogens is 1. The smallest absolute Gasteiger partial charge is 0.328 e. The fourth-order valence-electron chi connectivity index (χ4n) is 2.85. The van der Waals surface area contributed by atoms with Crippen molar-refractivity contribution in [1.29, 1.82) is 0 Å². The van der Waals surface area contributed by atoms with Gasteiger partial charge in [0.15, 0.2) is 0 Å². The van der Waals surface area contributed by atoms with E-state index < -0.39 is 11.9 Å². The van der Waals surface area contributed by atoms with Crippen LogP contribution in [0.15, 0.2) is 45.8 Å². The van der Waals surface area contributed by atoms with E-state index in [1.54, 1.807) is 27.6 Å². The molecular formula is C20H25NO6S2. The highest BCUT2D eigenvalue weighted by Gasteiger charge is 2.31. The van der Waals surface area contributed by atoms with Crippen LogP contribution in [-0.4, -0.2) is 56.5 Å². The first-order chi connectivity index (χ1) is 13.9. The molecule has 0 atom stereocenters. The average Bonchev–Trinajstić information content (AvgIpc) is 3.42. The van der Waals surface area contributed by atoms with E-state index in [-0.39, 0.29) is 5.60 Å². The molecule has 3 heterocycles. The molecule has 29 heavy (non-hydrogen) atoms. The number of aliphatic carboxylic acids is 2. The second kappa shape index (κ2) is 11.8.